The van der Waals surface area contributed by atoms with Crippen LogP contribution in [0.4, 0.5) is 4.79 Å². The number of alkyl carbamates (subject to hydrolysis) is 1. The van der Waals surface area contributed by atoms with Crippen molar-refractivity contribution >= 4 is 29.7 Å². The second-order valence-corrected chi connectivity index (χ2v) is 9.24. The zero-order valence-corrected chi connectivity index (χ0v) is 18.6. The van der Waals surface area contributed by atoms with Gasteiger partial charge in [0.1, 0.15) is 12.6 Å². The number of benzene rings is 2. The maximum atomic E-state index is 12.9. The lowest BCUT2D eigenvalue weighted by atomic mass is 9.98. The SMILES string of the molecule is CN(C(=O)C(CC(=O)O)NC(=O)OCC1c2ccccc2-c2ccccc21)C1CCSC1. The van der Waals surface area contributed by atoms with Gasteiger partial charge in [0.2, 0.25) is 5.91 Å². The number of thioether (sulfide) groups is 1. The number of carbonyl (C=O) groups excluding carboxylic acids is 2. The Labute approximate surface area is 191 Å². The number of rotatable bonds is 7. The Kier molecular flexibility index (Phi) is 6.69. The van der Waals surface area contributed by atoms with Gasteiger partial charge in [0, 0.05) is 24.8 Å². The highest BCUT2D eigenvalue weighted by molar-refractivity contribution is 7.99. The summed E-state index contributed by atoms with van der Waals surface area (Å²) in [5.41, 5.74) is 4.40. The summed E-state index contributed by atoms with van der Waals surface area (Å²) in [4.78, 5) is 38.3. The third kappa shape index (κ3) is 4.60. The molecule has 2 aromatic carbocycles. The number of hydrogen-bond acceptors (Lipinski definition) is 5. The fourth-order valence-electron chi connectivity index (χ4n) is 4.41. The van der Waals surface area contributed by atoms with E-state index < -0.39 is 30.4 Å². The number of carbonyl (C=O) groups is 3. The summed E-state index contributed by atoms with van der Waals surface area (Å²) < 4.78 is 5.49. The van der Waals surface area contributed by atoms with Crippen LogP contribution < -0.4 is 5.32 Å². The summed E-state index contributed by atoms with van der Waals surface area (Å²) in [5.74, 6) is 0.100. The Bertz CT molecular complexity index is 975. The summed E-state index contributed by atoms with van der Waals surface area (Å²) in [5, 5.41) is 11.7. The molecule has 7 nitrogen and oxygen atoms in total. The van der Waals surface area contributed by atoms with Gasteiger partial charge >= 0.3 is 12.1 Å². The first-order valence-electron chi connectivity index (χ1n) is 10.6. The maximum absolute atomic E-state index is 12.9. The van der Waals surface area contributed by atoms with E-state index in [-0.39, 0.29) is 18.6 Å². The summed E-state index contributed by atoms with van der Waals surface area (Å²) >= 11 is 1.76. The van der Waals surface area contributed by atoms with Gasteiger partial charge in [-0.1, -0.05) is 48.5 Å². The normalized spacial score (nSPS) is 17.8. The molecule has 1 saturated heterocycles. The quantitative estimate of drug-likeness (QED) is 0.666. The fourth-order valence-corrected chi connectivity index (χ4v) is 5.68. The van der Waals surface area contributed by atoms with Gasteiger partial charge in [-0.15, -0.1) is 0 Å². The van der Waals surface area contributed by atoms with Crippen LogP contribution in [0.15, 0.2) is 48.5 Å². The van der Waals surface area contributed by atoms with E-state index in [4.69, 9.17) is 4.74 Å². The molecule has 1 aliphatic carbocycles. The fraction of sp³-hybridized carbons (Fsp3) is 0.375. The van der Waals surface area contributed by atoms with Crippen molar-refractivity contribution in [3.63, 3.8) is 0 Å². The van der Waals surface area contributed by atoms with Gasteiger partial charge < -0.3 is 20.1 Å². The van der Waals surface area contributed by atoms with E-state index in [0.29, 0.717) is 0 Å². The Morgan fingerprint density at radius 2 is 1.75 bits per heavy atom. The number of likely N-dealkylation sites (N-methyl/N-ethyl adjacent to an activating group) is 1. The molecule has 2 aromatic rings. The minimum atomic E-state index is -1.17. The van der Waals surface area contributed by atoms with Crippen molar-refractivity contribution in [2.24, 2.45) is 0 Å². The van der Waals surface area contributed by atoms with Crippen LogP contribution in [0.1, 0.15) is 29.9 Å². The summed E-state index contributed by atoms with van der Waals surface area (Å²) in [7, 11) is 1.66. The van der Waals surface area contributed by atoms with Crippen molar-refractivity contribution in [1.29, 1.82) is 0 Å². The van der Waals surface area contributed by atoms with Gasteiger partial charge in [0.15, 0.2) is 0 Å². The van der Waals surface area contributed by atoms with E-state index in [1.807, 2.05) is 48.5 Å². The molecule has 1 fully saturated rings. The van der Waals surface area contributed by atoms with Gasteiger partial charge in [-0.25, -0.2) is 4.79 Å². The Balaban J connectivity index is 1.42. The first kappa shape index (κ1) is 22.2. The van der Waals surface area contributed by atoms with Crippen LogP contribution in [0.2, 0.25) is 0 Å². The van der Waals surface area contributed by atoms with Gasteiger partial charge in [-0.3, -0.25) is 9.59 Å². The lowest BCUT2D eigenvalue weighted by Crippen LogP contribution is -2.51. The van der Waals surface area contributed by atoms with Gasteiger partial charge in [-0.2, -0.15) is 11.8 Å². The number of carboxylic acid groups (broad SMARTS) is 1. The second-order valence-electron chi connectivity index (χ2n) is 8.09. The molecule has 0 bridgehead atoms. The molecule has 2 N–H and O–H groups in total. The number of carboxylic acids is 1. The zero-order chi connectivity index (χ0) is 22.7. The molecule has 0 aromatic heterocycles. The molecule has 0 radical (unpaired) electrons. The Morgan fingerprint density at radius 1 is 1.12 bits per heavy atom. The van der Waals surface area contributed by atoms with Crippen molar-refractivity contribution < 1.29 is 24.2 Å². The molecule has 32 heavy (non-hydrogen) atoms. The van der Waals surface area contributed by atoms with Crippen LogP contribution in [0.3, 0.4) is 0 Å². The van der Waals surface area contributed by atoms with Crippen LogP contribution >= 0.6 is 11.8 Å². The van der Waals surface area contributed by atoms with Crippen molar-refractivity contribution in [1.82, 2.24) is 10.2 Å². The maximum Gasteiger partial charge on any atom is 0.407 e. The number of hydrogen-bond donors (Lipinski definition) is 2. The number of ether oxygens (including phenoxy) is 1. The van der Waals surface area contributed by atoms with Crippen LogP contribution in [-0.2, 0) is 14.3 Å². The van der Waals surface area contributed by atoms with Gasteiger partial charge in [0.05, 0.1) is 6.42 Å². The Hall–Kier alpha value is -3.00. The topological polar surface area (TPSA) is 95.9 Å². The molecule has 8 heteroatoms. The summed E-state index contributed by atoms with van der Waals surface area (Å²) in [6, 6.07) is 14.9. The average molecular weight is 455 g/mol. The number of aliphatic carboxylic acids is 1. The van der Waals surface area contributed by atoms with E-state index in [1.54, 1.807) is 23.7 Å². The van der Waals surface area contributed by atoms with Crippen LogP contribution in [0.25, 0.3) is 11.1 Å². The summed E-state index contributed by atoms with van der Waals surface area (Å²) in [6.45, 7) is 0.100. The van der Waals surface area contributed by atoms with Crippen LogP contribution in [-0.4, -0.2) is 65.2 Å². The molecule has 168 valence electrons. The standard InChI is InChI=1S/C24H26N2O5S/c1-26(15-10-11-32-14-15)23(29)21(12-22(27)28)25-24(30)31-13-20-18-8-4-2-6-16(18)17-7-3-5-9-19(17)20/h2-9,15,20-21H,10-14H2,1H3,(H,25,30)(H,27,28). The molecule has 4 rings (SSSR count). The first-order chi connectivity index (χ1) is 15.5. The average Bonchev–Trinajstić information content (AvgIpc) is 3.43. The number of fused-ring (bicyclic) bond motifs is 3. The van der Waals surface area contributed by atoms with Crippen LogP contribution in [0.5, 0.6) is 0 Å². The number of amides is 2. The van der Waals surface area contributed by atoms with E-state index in [9.17, 15) is 19.5 Å². The van der Waals surface area contributed by atoms with Crippen molar-refractivity contribution in [3.8, 4) is 11.1 Å². The highest BCUT2D eigenvalue weighted by Crippen LogP contribution is 2.44. The molecular formula is C24H26N2O5S. The number of nitrogens with one attached hydrogen (secondary N) is 1. The second kappa shape index (κ2) is 9.65. The van der Waals surface area contributed by atoms with Gasteiger partial charge in [0.25, 0.3) is 0 Å². The van der Waals surface area contributed by atoms with Crippen molar-refractivity contribution in [2.75, 3.05) is 25.2 Å². The van der Waals surface area contributed by atoms with Crippen molar-refractivity contribution in [3.05, 3.63) is 59.7 Å². The smallest absolute Gasteiger partial charge is 0.407 e. The molecule has 1 aliphatic heterocycles. The molecule has 2 amide bonds. The monoisotopic (exact) mass is 454 g/mol. The molecule has 2 atom stereocenters. The lowest BCUT2D eigenvalue weighted by Gasteiger charge is -2.28. The zero-order valence-electron chi connectivity index (χ0n) is 17.8. The number of nitrogens with zero attached hydrogens (tertiary/aromatic N) is 1. The largest absolute Gasteiger partial charge is 0.481 e. The van der Waals surface area contributed by atoms with Crippen molar-refractivity contribution in [2.45, 2.75) is 30.8 Å². The first-order valence-corrected chi connectivity index (χ1v) is 11.8. The third-order valence-electron chi connectivity index (χ3n) is 6.11. The molecule has 2 aliphatic rings. The lowest BCUT2D eigenvalue weighted by molar-refractivity contribution is -0.142. The highest BCUT2D eigenvalue weighted by Gasteiger charge is 2.33. The molecule has 1 heterocycles. The predicted molar refractivity (Wildman–Crippen MR) is 123 cm³/mol. The molecule has 2 unspecified atom stereocenters. The van der Waals surface area contributed by atoms with Gasteiger partial charge in [-0.05, 0) is 34.4 Å². The third-order valence-corrected chi connectivity index (χ3v) is 7.26. The molecular weight excluding hydrogens is 428 g/mol. The van der Waals surface area contributed by atoms with E-state index >= 15 is 0 Å². The minimum Gasteiger partial charge on any atom is -0.481 e. The highest BCUT2D eigenvalue weighted by atomic mass is 32.2. The van der Waals surface area contributed by atoms with E-state index in [0.717, 1.165) is 40.2 Å². The predicted octanol–water partition coefficient (Wildman–Crippen LogP) is 3.33. The summed E-state index contributed by atoms with van der Waals surface area (Å²) in [6.07, 6.45) is -0.425. The van der Waals surface area contributed by atoms with Crippen LogP contribution in [0, 0.1) is 0 Å². The Morgan fingerprint density at radius 3 is 2.31 bits per heavy atom. The minimum absolute atomic E-state index is 0.0492. The molecule has 0 spiro atoms. The van der Waals surface area contributed by atoms with E-state index in [1.165, 1.54) is 0 Å². The molecule has 0 saturated carbocycles. The van der Waals surface area contributed by atoms with E-state index in [2.05, 4.69) is 5.32 Å².